The van der Waals surface area contributed by atoms with E-state index < -0.39 is 29.0 Å². The highest BCUT2D eigenvalue weighted by Gasteiger charge is 2.38. The summed E-state index contributed by atoms with van der Waals surface area (Å²) in [6, 6.07) is 4.67. The first-order chi connectivity index (χ1) is 9.34. The van der Waals surface area contributed by atoms with E-state index in [0.717, 1.165) is 19.2 Å². The Morgan fingerprint density at radius 2 is 2.05 bits per heavy atom. The number of alkyl halides is 3. The lowest BCUT2D eigenvalue weighted by molar-refractivity contribution is -0.138. The second-order valence-corrected chi connectivity index (χ2v) is 3.88. The van der Waals surface area contributed by atoms with Crippen molar-refractivity contribution in [3.8, 4) is 17.1 Å². The van der Waals surface area contributed by atoms with E-state index >= 15 is 0 Å². The molecule has 1 heterocycles. The monoisotopic (exact) mass is 286 g/mol. The van der Waals surface area contributed by atoms with Crippen LogP contribution in [0.25, 0.3) is 11.3 Å². The minimum absolute atomic E-state index is 0.00692. The number of halogens is 3. The first kappa shape index (κ1) is 14.0. The molecule has 0 unspecified atom stereocenters. The van der Waals surface area contributed by atoms with E-state index in [1.54, 1.807) is 0 Å². The van der Waals surface area contributed by atoms with Crippen LogP contribution in [0.5, 0.6) is 5.75 Å². The molecule has 2 aromatic rings. The van der Waals surface area contributed by atoms with Crippen molar-refractivity contribution >= 4 is 5.97 Å². The lowest BCUT2D eigenvalue weighted by Crippen LogP contribution is -2.14. The van der Waals surface area contributed by atoms with Gasteiger partial charge in [0.1, 0.15) is 17.1 Å². The second kappa shape index (κ2) is 4.92. The second-order valence-electron chi connectivity index (χ2n) is 3.88. The van der Waals surface area contributed by atoms with Crippen LogP contribution in [-0.2, 0) is 10.9 Å². The zero-order valence-electron chi connectivity index (χ0n) is 10.2. The van der Waals surface area contributed by atoms with Crippen LogP contribution < -0.4 is 0 Å². The predicted molar refractivity (Wildman–Crippen MR) is 62.2 cm³/mol. The van der Waals surface area contributed by atoms with Gasteiger partial charge in [-0.05, 0) is 24.3 Å². The van der Waals surface area contributed by atoms with Gasteiger partial charge in [0.15, 0.2) is 0 Å². The Morgan fingerprint density at radius 1 is 1.35 bits per heavy atom. The number of carbonyl (C=O) groups excluding carboxylic acids is 1. The Kier molecular flexibility index (Phi) is 3.44. The molecule has 0 saturated heterocycles. The number of furan rings is 1. The lowest BCUT2D eigenvalue weighted by Gasteiger charge is -2.14. The zero-order valence-corrected chi connectivity index (χ0v) is 10.2. The van der Waals surface area contributed by atoms with E-state index in [1.165, 1.54) is 18.4 Å². The third-order valence-electron chi connectivity index (χ3n) is 2.62. The average molecular weight is 286 g/mol. The Hall–Kier alpha value is -2.44. The summed E-state index contributed by atoms with van der Waals surface area (Å²) in [4.78, 5) is 11.4. The summed E-state index contributed by atoms with van der Waals surface area (Å²) in [5, 5.41) is 9.69. The van der Waals surface area contributed by atoms with Crippen molar-refractivity contribution in [1.29, 1.82) is 0 Å². The molecule has 1 N–H and O–H groups in total. The van der Waals surface area contributed by atoms with Crippen molar-refractivity contribution in [2.75, 3.05) is 7.11 Å². The molecule has 0 radical (unpaired) electrons. The normalized spacial score (nSPS) is 11.4. The summed E-state index contributed by atoms with van der Waals surface area (Å²) in [5.74, 6) is -1.94. The number of esters is 1. The number of hydrogen-bond acceptors (Lipinski definition) is 4. The van der Waals surface area contributed by atoms with Gasteiger partial charge in [-0.2, -0.15) is 13.2 Å². The van der Waals surface area contributed by atoms with Crippen LogP contribution in [0.4, 0.5) is 13.2 Å². The van der Waals surface area contributed by atoms with E-state index in [1.807, 2.05) is 0 Å². The summed E-state index contributed by atoms with van der Waals surface area (Å²) >= 11 is 0. The van der Waals surface area contributed by atoms with Gasteiger partial charge in [0.05, 0.1) is 18.9 Å². The van der Waals surface area contributed by atoms with Gasteiger partial charge in [-0.1, -0.05) is 0 Å². The number of hydrogen-bond donors (Lipinski definition) is 1. The fourth-order valence-corrected chi connectivity index (χ4v) is 1.75. The van der Waals surface area contributed by atoms with E-state index in [0.29, 0.717) is 0 Å². The molecule has 0 aliphatic rings. The highest BCUT2D eigenvalue weighted by Crippen LogP contribution is 2.39. The Morgan fingerprint density at radius 3 is 2.55 bits per heavy atom. The Bertz CT molecular complexity index is 630. The molecule has 7 heteroatoms. The van der Waals surface area contributed by atoms with E-state index in [9.17, 15) is 23.1 Å². The van der Waals surface area contributed by atoms with Gasteiger partial charge in [-0.15, -0.1) is 0 Å². The smallest absolute Gasteiger partial charge is 0.417 e. The Labute approximate surface area is 111 Å². The van der Waals surface area contributed by atoms with Crippen LogP contribution in [0.3, 0.4) is 0 Å². The number of benzene rings is 1. The van der Waals surface area contributed by atoms with Gasteiger partial charge in [-0.25, -0.2) is 4.79 Å². The van der Waals surface area contributed by atoms with Crippen molar-refractivity contribution in [3.63, 3.8) is 0 Å². The fraction of sp³-hybridized carbons (Fsp3) is 0.154. The van der Waals surface area contributed by atoms with Crippen molar-refractivity contribution in [3.05, 3.63) is 41.7 Å². The largest absolute Gasteiger partial charge is 0.507 e. The number of phenols is 1. The lowest BCUT2D eigenvalue weighted by atomic mass is 10.0. The van der Waals surface area contributed by atoms with Crippen molar-refractivity contribution in [1.82, 2.24) is 0 Å². The van der Waals surface area contributed by atoms with Gasteiger partial charge in [0, 0.05) is 5.56 Å². The molecule has 0 spiro atoms. The number of carbonyl (C=O) groups is 1. The summed E-state index contributed by atoms with van der Waals surface area (Å²) < 4.78 is 48.2. The molecule has 2 rings (SSSR count). The highest BCUT2D eigenvalue weighted by molar-refractivity contribution is 5.95. The molecule has 106 valence electrons. The molecular formula is C13H9F3O4. The van der Waals surface area contributed by atoms with Crippen molar-refractivity contribution in [2.45, 2.75) is 6.18 Å². The summed E-state index contributed by atoms with van der Waals surface area (Å²) in [6.45, 7) is 0. The third-order valence-corrected chi connectivity index (χ3v) is 2.62. The van der Waals surface area contributed by atoms with Crippen molar-refractivity contribution < 1.29 is 32.2 Å². The Balaban J connectivity index is 2.69. The van der Waals surface area contributed by atoms with Gasteiger partial charge in [-0.3, -0.25) is 0 Å². The van der Waals surface area contributed by atoms with E-state index in [4.69, 9.17) is 4.42 Å². The van der Waals surface area contributed by atoms with Crippen LogP contribution in [0, 0.1) is 0 Å². The van der Waals surface area contributed by atoms with Gasteiger partial charge >= 0.3 is 12.1 Å². The molecule has 4 nitrogen and oxygen atoms in total. The molecule has 1 aromatic carbocycles. The van der Waals surface area contributed by atoms with E-state index in [2.05, 4.69) is 4.74 Å². The van der Waals surface area contributed by atoms with Gasteiger partial charge in [0.2, 0.25) is 0 Å². The summed E-state index contributed by atoms with van der Waals surface area (Å²) in [7, 11) is 0.933. The number of aromatic hydroxyl groups is 1. The van der Waals surface area contributed by atoms with Gasteiger partial charge in [0.25, 0.3) is 0 Å². The minimum atomic E-state index is -4.82. The first-order valence-electron chi connectivity index (χ1n) is 5.41. The highest BCUT2D eigenvalue weighted by atomic mass is 19.4. The standard InChI is InChI=1S/C13H9F3O4/c1-19-12(18)11-8(13(14,15)16)5-7(6-9(11)17)10-3-2-4-20-10/h2-6,17H,1H3. The summed E-state index contributed by atoms with van der Waals surface area (Å²) in [5.41, 5.74) is -2.20. The van der Waals surface area contributed by atoms with Crippen LogP contribution in [0.15, 0.2) is 34.9 Å². The molecule has 0 bridgehead atoms. The van der Waals surface area contributed by atoms with Crippen molar-refractivity contribution in [2.24, 2.45) is 0 Å². The molecular weight excluding hydrogens is 277 g/mol. The quantitative estimate of drug-likeness (QED) is 0.859. The van der Waals surface area contributed by atoms with Gasteiger partial charge < -0.3 is 14.3 Å². The number of methoxy groups -OCH3 is 1. The topological polar surface area (TPSA) is 59.7 Å². The van der Waals surface area contributed by atoms with Crippen LogP contribution in [0.2, 0.25) is 0 Å². The molecule has 0 aliphatic carbocycles. The average Bonchev–Trinajstić information content (AvgIpc) is 2.89. The molecule has 0 fully saturated rings. The number of ether oxygens (including phenoxy) is 1. The predicted octanol–water partition coefficient (Wildman–Crippen LogP) is 3.46. The maximum Gasteiger partial charge on any atom is 0.417 e. The molecule has 0 aliphatic heterocycles. The molecule has 0 atom stereocenters. The van der Waals surface area contributed by atoms with Crippen LogP contribution >= 0.6 is 0 Å². The maximum absolute atomic E-state index is 13.0. The SMILES string of the molecule is COC(=O)c1c(O)cc(-c2ccco2)cc1C(F)(F)F. The van der Waals surface area contributed by atoms with Crippen LogP contribution in [-0.4, -0.2) is 18.2 Å². The maximum atomic E-state index is 13.0. The molecule has 0 amide bonds. The molecule has 1 aromatic heterocycles. The minimum Gasteiger partial charge on any atom is -0.507 e. The number of phenolic OH excluding ortho intramolecular Hbond substituents is 1. The fourth-order valence-electron chi connectivity index (χ4n) is 1.75. The first-order valence-corrected chi connectivity index (χ1v) is 5.41. The molecule has 20 heavy (non-hydrogen) atoms. The summed E-state index contributed by atoms with van der Waals surface area (Å²) in [6.07, 6.45) is -3.53. The van der Waals surface area contributed by atoms with E-state index in [-0.39, 0.29) is 11.3 Å². The third kappa shape index (κ3) is 2.47. The number of rotatable bonds is 2. The van der Waals surface area contributed by atoms with Crippen LogP contribution in [0.1, 0.15) is 15.9 Å². The zero-order chi connectivity index (χ0) is 14.9. The molecule has 0 saturated carbocycles.